The molecule has 0 aromatic heterocycles. The summed E-state index contributed by atoms with van der Waals surface area (Å²) < 4.78 is 0. The molecule has 0 amide bonds. The first kappa shape index (κ1) is 16.2. The Labute approximate surface area is 119 Å². The highest BCUT2D eigenvalue weighted by Crippen LogP contribution is 2.31. The highest BCUT2D eigenvalue weighted by molar-refractivity contribution is 6.04. The van der Waals surface area contributed by atoms with Gasteiger partial charge in [0.05, 0.1) is 11.1 Å². The van der Waals surface area contributed by atoms with Gasteiger partial charge in [-0.3, -0.25) is 0 Å². The van der Waals surface area contributed by atoms with E-state index in [2.05, 4.69) is 0 Å². The summed E-state index contributed by atoms with van der Waals surface area (Å²) >= 11 is 0. The van der Waals surface area contributed by atoms with Crippen LogP contribution >= 0.6 is 0 Å². The second-order valence-electron chi connectivity index (χ2n) is 4.69. The molecule has 0 atom stereocenters. The summed E-state index contributed by atoms with van der Waals surface area (Å²) in [6, 6.07) is 0. The van der Waals surface area contributed by atoms with E-state index in [9.17, 15) is 19.8 Å². The third-order valence-electron chi connectivity index (χ3n) is 3.79. The largest absolute Gasteiger partial charge is 0.478 e. The third-order valence-corrected chi connectivity index (χ3v) is 3.79. The highest BCUT2D eigenvalue weighted by atomic mass is 16.4. The van der Waals surface area contributed by atoms with Gasteiger partial charge in [0.25, 0.3) is 0 Å². The fourth-order valence-corrected chi connectivity index (χ4v) is 3.07. The van der Waals surface area contributed by atoms with Crippen LogP contribution in [0.2, 0.25) is 0 Å². The van der Waals surface area contributed by atoms with Crippen LogP contribution in [0.4, 0.5) is 0 Å². The van der Waals surface area contributed by atoms with Crippen molar-refractivity contribution in [3.8, 4) is 0 Å². The van der Waals surface area contributed by atoms with Gasteiger partial charge in [0.2, 0.25) is 0 Å². The quantitative estimate of drug-likeness (QED) is 0.837. The van der Waals surface area contributed by atoms with Crippen LogP contribution in [0.3, 0.4) is 0 Å². The van der Waals surface area contributed by atoms with Crippen molar-refractivity contribution in [3.05, 3.63) is 33.4 Å². The number of hydrogen-bond donors (Lipinski definition) is 2. The van der Waals surface area contributed by atoms with Gasteiger partial charge in [-0.2, -0.15) is 0 Å². The molecule has 110 valence electrons. The maximum atomic E-state index is 11.6. The van der Waals surface area contributed by atoms with Crippen LogP contribution in [0.5, 0.6) is 0 Å². The second-order valence-corrected chi connectivity index (χ2v) is 4.69. The normalized spacial score (nSPS) is 10.6. The molecule has 0 aliphatic carbocycles. The van der Waals surface area contributed by atoms with Gasteiger partial charge in [0, 0.05) is 0 Å². The Morgan fingerprint density at radius 3 is 1.05 bits per heavy atom. The maximum absolute atomic E-state index is 11.6. The lowest BCUT2D eigenvalue weighted by Gasteiger charge is -2.21. The van der Waals surface area contributed by atoms with Crippen LogP contribution in [0, 0.1) is 0 Å². The zero-order valence-corrected chi connectivity index (χ0v) is 12.5. The lowest BCUT2D eigenvalue weighted by molar-refractivity contribution is 0.0649. The third kappa shape index (κ3) is 2.55. The van der Waals surface area contributed by atoms with E-state index in [0.717, 1.165) is 24.0 Å². The number of carboxylic acids is 2. The Morgan fingerprint density at radius 1 is 0.650 bits per heavy atom. The number of carboxylic acid groups (broad SMARTS) is 2. The van der Waals surface area contributed by atoms with E-state index in [4.69, 9.17) is 0 Å². The Morgan fingerprint density at radius 2 is 0.900 bits per heavy atom. The van der Waals surface area contributed by atoms with Crippen molar-refractivity contribution in [1.82, 2.24) is 0 Å². The van der Waals surface area contributed by atoms with Crippen LogP contribution in [0.25, 0.3) is 0 Å². The zero-order chi connectivity index (χ0) is 15.4. The van der Waals surface area contributed by atoms with Crippen molar-refractivity contribution in [3.63, 3.8) is 0 Å². The minimum atomic E-state index is -1.15. The summed E-state index contributed by atoms with van der Waals surface area (Å²) in [6.45, 7) is 7.72. The molecule has 0 radical (unpaired) electrons. The van der Waals surface area contributed by atoms with Gasteiger partial charge in [-0.05, 0) is 47.9 Å². The molecule has 0 aliphatic rings. The molecule has 0 aliphatic heterocycles. The van der Waals surface area contributed by atoms with Crippen LogP contribution in [-0.2, 0) is 25.7 Å². The summed E-state index contributed by atoms with van der Waals surface area (Å²) in [6.07, 6.45) is 2.50. The molecule has 0 fully saturated rings. The lowest BCUT2D eigenvalue weighted by atomic mass is 9.82. The van der Waals surface area contributed by atoms with Gasteiger partial charge < -0.3 is 10.2 Å². The van der Waals surface area contributed by atoms with Gasteiger partial charge in [-0.25, -0.2) is 9.59 Å². The first-order valence-electron chi connectivity index (χ1n) is 7.10. The number of hydrogen-bond acceptors (Lipinski definition) is 2. The van der Waals surface area contributed by atoms with Crippen molar-refractivity contribution in [2.45, 2.75) is 53.4 Å². The first-order valence-corrected chi connectivity index (χ1v) is 7.10. The summed E-state index contributed by atoms with van der Waals surface area (Å²) in [5, 5.41) is 18.9. The molecule has 0 saturated heterocycles. The smallest absolute Gasteiger partial charge is 0.336 e. The molecule has 0 spiro atoms. The molecule has 0 heterocycles. The predicted molar refractivity (Wildman–Crippen MR) is 77.9 cm³/mol. The molecule has 2 N–H and O–H groups in total. The molecule has 0 unspecified atom stereocenters. The van der Waals surface area contributed by atoms with E-state index >= 15 is 0 Å². The van der Waals surface area contributed by atoms with Gasteiger partial charge in [0.15, 0.2) is 0 Å². The highest BCUT2D eigenvalue weighted by Gasteiger charge is 2.27. The summed E-state index contributed by atoms with van der Waals surface area (Å²) in [4.78, 5) is 23.2. The first-order chi connectivity index (χ1) is 9.44. The lowest BCUT2D eigenvalue weighted by Crippen LogP contribution is -2.19. The second kappa shape index (κ2) is 6.55. The zero-order valence-electron chi connectivity index (χ0n) is 12.5. The maximum Gasteiger partial charge on any atom is 0.336 e. The molecule has 1 aromatic carbocycles. The average Bonchev–Trinajstić information content (AvgIpc) is 2.42. The average molecular weight is 278 g/mol. The summed E-state index contributed by atoms with van der Waals surface area (Å²) in [7, 11) is 0. The molecular weight excluding hydrogens is 256 g/mol. The van der Waals surface area contributed by atoms with Crippen molar-refractivity contribution in [1.29, 1.82) is 0 Å². The SMILES string of the molecule is CCc1c(CC)c(CC)c(C(=O)O)c(C(=O)O)c1CC. The number of rotatable bonds is 6. The molecule has 1 aromatic rings. The molecule has 1 rings (SSSR count). The van der Waals surface area contributed by atoms with E-state index < -0.39 is 11.9 Å². The summed E-state index contributed by atoms with van der Waals surface area (Å²) in [5.41, 5.74) is 3.32. The van der Waals surface area contributed by atoms with Gasteiger partial charge in [0.1, 0.15) is 0 Å². The molecule has 4 heteroatoms. The Balaban J connectivity index is 3.99. The number of carbonyl (C=O) groups is 2. The molecule has 4 nitrogen and oxygen atoms in total. The monoisotopic (exact) mass is 278 g/mol. The van der Waals surface area contributed by atoms with Crippen LogP contribution in [0.1, 0.15) is 70.7 Å². The number of aromatic carboxylic acids is 2. The van der Waals surface area contributed by atoms with Gasteiger partial charge in [-0.1, -0.05) is 27.7 Å². The van der Waals surface area contributed by atoms with Crippen molar-refractivity contribution >= 4 is 11.9 Å². The van der Waals surface area contributed by atoms with E-state index in [1.165, 1.54) is 0 Å². The van der Waals surface area contributed by atoms with Gasteiger partial charge in [-0.15, -0.1) is 0 Å². The molecule has 0 saturated carbocycles. The fourth-order valence-electron chi connectivity index (χ4n) is 3.07. The molecule has 0 bridgehead atoms. The predicted octanol–water partition coefficient (Wildman–Crippen LogP) is 3.33. The standard InChI is InChI=1S/C16H22O4/c1-5-9-10(6-2)12(8-4)14(16(19)20)13(15(17)18)11(9)7-3/h5-8H2,1-4H3,(H,17,18)(H,19,20). The minimum absolute atomic E-state index is 0.0223. The molecular formula is C16H22O4. The molecule has 20 heavy (non-hydrogen) atoms. The topological polar surface area (TPSA) is 74.6 Å². The van der Waals surface area contributed by atoms with E-state index in [1.807, 2.05) is 27.7 Å². The van der Waals surface area contributed by atoms with Crippen LogP contribution in [-0.4, -0.2) is 22.2 Å². The fraction of sp³-hybridized carbons (Fsp3) is 0.500. The number of benzene rings is 1. The van der Waals surface area contributed by atoms with E-state index in [-0.39, 0.29) is 11.1 Å². The Kier molecular flexibility index (Phi) is 5.31. The van der Waals surface area contributed by atoms with Crippen LogP contribution < -0.4 is 0 Å². The van der Waals surface area contributed by atoms with E-state index in [1.54, 1.807) is 0 Å². The minimum Gasteiger partial charge on any atom is -0.478 e. The van der Waals surface area contributed by atoms with Crippen molar-refractivity contribution in [2.75, 3.05) is 0 Å². The Bertz CT molecular complexity index is 495. The van der Waals surface area contributed by atoms with Crippen molar-refractivity contribution < 1.29 is 19.8 Å². The van der Waals surface area contributed by atoms with E-state index in [0.29, 0.717) is 24.0 Å². The van der Waals surface area contributed by atoms with Gasteiger partial charge >= 0.3 is 11.9 Å². The van der Waals surface area contributed by atoms with Crippen molar-refractivity contribution in [2.24, 2.45) is 0 Å². The van der Waals surface area contributed by atoms with Crippen LogP contribution in [0.15, 0.2) is 0 Å². The Hall–Kier alpha value is -1.84. The summed E-state index contributed by atoms with van der Waals surface area (Å²) in [5.74, 6) is -2.29.